The number of rotatable bonds is 6. The van der Waals surface area contributed by atoms with Crippen LogP contribution in [0.2, 0.25) is 0 Å². The number of Topliss-reactive ketones (excluding diaryl/α,β-unsaturated/α-hetero) is 1. The smallest absolute Gasteiger partial charge is 0.245 e. The first kappa shape index (κ1) is 19.9. The van der Waals surface area contributed by atoms with Crippen LogP contribution in [0.3, 0.4) is 0 Å². The number of hydrogen-bond acceptors (Lipinski definition) is 5. The summed E-state index contributed by atoms with van der Waals surface area (Å²) in [5.41, 5.74) is 4.69. The van der Waals surface area contributed by atoms with Gasteiger partial charge in [-0.05, 0) is 29.1 Å². The molecule has 1 N–H and O–H groups in total. The van der Waals surface area contributed by atoms with Crippen LogP contribution >= 0.6 is 11.3 Å². The van der Waals surface area contributed by atoms with Gasteiger partial charge in [0.15, 0.2) is 5.92 Å². The van der Waals surface area contributed by atoms with Crippen molar-refractivity contribution in [1.29, 1.82) is 5.26 Å². The largest absolute Gasteiger partial charge is 0.350 e. The third-order valence-electron chi connectivity index (χ3n) is 5.53. The van der Waals surface area contributed by atoms with Gasteiger partial charge >= 0.3 is 0 Å². The maximum absolute atomic E-state index is 13.4. The van der Waals surface area contributed by atoms with Crippen LogP contribution in [0.15, 0.2) is 72.1 Å². The summed E-state index contributed by atoms with van der Waals surface area (Å²) in [6.07, 6.45) is 0.536. The van der Waals surface area contributed by atoms with E-state index in [1.54, 1.807) is 4.68 Å². The van der Waals surface area contributed by atoms with E-state index in [1.165, 1.54) is 11.3 Å². The minimum Gasteiger partial charge on any atom is -0.350 e. The average Bonchev–Trinajstić information content (AvgIpc) is 3.55. The minimum atomic E-state index is -1.46. The summed E-state index contributed by atoms with van der Waals surface area (Å²) < 4.78 is 1.74. The lowest BCUT2D eigenvalue weighted by Gasteiger charge is -2.09. The van der Waals surface area contributed by atoms with Crippen molar-refractivity contribution in [2.75, 3.05) is 0 Å². The Hall–Kier alpha value is -4.02. The van der Waals surface area contributed by atoms with E-state index >= 15 is 0 Å². The molecule has 4 aromatic rings. The average molecular weight is 439 g/mol. The highest BCUT2D eigenvalue weighted by Gasteiger charge is 2.36. The SMILES string of the molecule is N#CC(C(=O)NCc1cccs1)C(=O)c1nn(-c2ccccc2)c2c1Cc1ccccc1-2. The summed E-state index contributed by atoms with van der Waals surface area (Å²) in [6.45, 7) is 0.282. The van der Waals surface area contributed by atoms with E-state index in [-0.39, 0.29) is 12.2 Å². The van der Waals surface area contributed by atoms with Crippen LogP contribution < -0.4 is 5.32 Å². The van der Waals surface area contributed by atoms with E-state index in [1.807, 2.05) is 78.2 Å². The zero-order chi connectivity index (χ0) is 22.1. The van der Waals surface area contributed by atoms with Gasteiger partial charge in [-0.15, -0.1) is 11.3 Å². The summed E-state index contributed by atoms with van der Waals surface area (Å²) >= 11 is 1.50. The zero-order valence-electron chi connectivity index (χ0n) is 17.0. The normalized spacial score (nSPS) is 12.5. The maximum Gasteiger partial charge on any atom is 0.245 e. The second-order valence-corrected chi connectivity index (χ2v) is 8.51. The van der Waals surface area contributed by atoms with Crippen LogP contribution in [0.5, 0.6) is 0 Å². The molecule has 32 heavy (non-hydrogen) atoms. The maximum atomic E-state index is 13.4. The van der Waals surface area contributed by atoms with Crippen molar-refractivity contribution < 1.29 is 9.59 Å². The van der Waals surface area contributed by atoms with Gasteiger partial charge in [0.1, 0.15) is 5.69 Å². The van der Waals surface area contributed by atoms with Crippen LogP contribution in [0.1, 0.15) is 26.5 Å². The molecule has 0 fully saturated rings. The Bertz CT molecular complexity index is 1350. The Morgan fingerprint density at radius 2 is 1.88 bits per heavy atom. The molecule has 0 saturated heterocycles. The van der Waals surface area contributed by atoms with E-state index < -0.39 is 17.6 Å². The van der Waals surface area contributed by atoms with Gasteiger partial charge in [-0.1, -0.05) is 48.5 Å². The van der Waals surface area contributed by atoms with Gasteiger partial charge in [-0.2, -0.15) is 10.4 Å². The Kier molecular flexibility index (Phi) is 5.13. The van der Waals surface area contributed by atoms with Crippen LogP contribution in [-0.4, -0.2) is 21.5 Å². The third-order valence-corrected chi connectivity index (χ3v) is 6.40. The first-order valence-corrected chi connectivity index (χ1v) is 11.0. The Morgan fingerprint density at radius 3 is 2.62 bits per heavy atom. The van der Waals surface area contributed by atoms with Crippen LogP contribution in [-0.2, 0) is 17.8 Å². The molecule has 0 saturated carbocycles. The van der Waals surface area contributed by atoms with Gasteiger partial charge < -0.3 is 5.32 Å². The third kappa shape index (κ3) is 3.41. The van der Waals surface area contributed by atoms with Crippen LogP contribution in [0.4, 0.5) is 0 Å². The number of carbonyl (C=O) groups excluding carboxylic acids is 2. The summed E-state index contributed by atoms with van der Waals surface area (Å²) in [6, 6.07) is 23.2. The molecule has 1 atom stereocenters. The number of para-hydroxylation sites is 1. The predicted octanol–water partition coefficient (Wildman–Crippen LogP) is 4.14. The van der Waals surface area contributed by atoms with Gasteiger partial charge in [0.25, 0.3) is 0 Å². The summed E-state index contributed by atoms with van der Waals surface area (Å²) in [5.74, 6) is -2.64. The molecule has 5 rings (SSSR count). The highest BCUT2D eigenvalue weighted by atomic mass is 32.1. The number of nitriles is 1. The van der Waals surface area contributed by atoms with Gasteiger partial charge in [0.05, 0.1) is 24.0 Å². The number of aromatic nitrogens is 2. The molecule has 2 heterocycles. The fraction of sp³-hybridized carbons (Fsp3) is 0.120. The van der Waals surface area contributed by atoms with Crippen molar-refractivity contribution in [3.05, 3.63) is 93.8 Å². The molecule has 2 aromatic carbocycles. The lowest BCUT2D eigenvalue weighted by Crippen LogP contribution is -2.34. The first-order valence-electron chi connectivity index (χ1n) is 10.2. The topological polar surface area (TPSA) is 87.8 Å². The molecule has 6 nitrogen and oxygen atoms in total. The number of benzene rings is 2. The van der Waals surface area contributed by atoms with Crippen molar-refractivity contribution >= 4 is 23.0 Å². The molecule has 0 aliphatic heterocycles. The molecule has 0 bridgehead atoms. The summed E-state index contributed by atoms with van der Waals surface area (Å²) in [7, 11) is 0. The molecule has 156 valence electrons. The molecule has 1 aliphatic rings. The van der Waals surface area contributed by atoms with Gasteiger partial charge in [0.2, 0.25) is 11.7 Å². The zero-order valence-corrected chi connectivity index (χ0v) is 17.8. The number of nitrogens with one attached hydrogen (secondary N) is 1. The predicted molar refractivity (Wildman–Crippen MR) is 121 cm³/mol. The Labute approximate surface area is 188 Å². The number of carbonyl (C=O) groups is 2. The molecule has 7 heteroatoms. The monoisotopic (exact) mass is 438 g/mol. The van der Waals surface area contributed by atoms with Gasteiger partial charge in [-0.25, -0.2) is 4.68 Å². The molecule has 1 unspecified atom stereocenters. The quantitative estimate of drug-likeness (QED) is 0.319. The van der Waals surface area contributed by atoms with E-state index in [2.05, 4.69) is 10.4 Å². The fourth-order valence-corrected chi connectivity index (χ4v) is 4.65. The Morgan fingerprint density at radius 1 is 1.09 bits per heavy atom. The fourth-order valence-electron chi connectivity index (χ4n) is 4.01. The van der Waals surface area contributed by atoms with E-state index in [0.29, 0.717) is 6.42 Å². The summed E-state index contributed by atoms with van der Waals surface area (Å²) in [5, 5.41) is 18.9. The molecular weight excluding hydrogens is 420 g/mol. The van der Waals surface area contributed by atoms with Crippen molar-refractivity contribution in [3.63, 3.8) is 0 Å². The van der Waals surface area contributed by atoms with Crippen molar-refractivity contribution in [3.8, 4) is 23.0 Å². The van der Waals surface area contributed by atoms with E-state index in [0.717, 1.165) is 32.9 Å². The van der Waals surface area contributed by atoms with Crippen LogP contribution in [0.25, 0.3) is 16.9 Å². The summed E-state index contributed by atoms with van der Waals surface area (Å²) in [4.78, 5) is 27.0. The van der Waals surface area contributed by atoms with Gasteiger partial charge in [0, 0.05) is 22.4 Å². The van der Waals surface area contributed by atoms with Crippen molar-refractivity contribution in [2.45, 2.75) is 13.0 Å². The number of thiophene rings is 1. The second kappa shape index (κ2) is 8.25. The number of nitrogens with zero attached hydrogens (tertiary/aromatic N) is 3. The number of ketones is 1. The van der Waals surface area contributed by atoms with Crippen LogP contribution in [0, 0.1) is 17.2 Å². The van der Waals surface area contributed by atoms with E-state index in [9.17, 15) is 14.9 Å². The van der Waals surface area contributed by atoms with Crippen molar-refractivity contribution in [1.82, 2.24) is 15.1 Å². The molecular formula is C25H18N4O2S. The molecule has 1 aliphatic carbocycles. The molecule has 0 spiro atoms. The molecule has 2 aromatic heterocycles. The standard InChI is InChI=1S/C25H18N4O2S/c26-14-21(25(31)27-15-18-10-6-12-32-18)24(30)22-20-13-16-7-4-5-11-19(16)23(20)29(28-22)17-8-2-1-3-9-17/h1-12,21H,13,15H2,(H,27,31). The highest BCUT2D eigenvalue weighted by Crippen LogP contribution is 2.40. The van der Waals surface area contributed by atoms with Gasteiger partial charge in [-0.3, -0.25) is 9.59 Å². The Balaban J connectivity index is 1.52. The number of hydrogen-bond donors (Lipinski definition) is 1. The minimum absolute atomic E-state index is 0.179. The first-order chi connectivity index (χ1) is 15.7. The molecule has 1 amide bonds. The number of amides is 1. The van der Waals surface area contributed by atoms with E-state index in [4.69, 9.17) is 0 Å². The molecule has 0 radical (unpaired) electrons. The second-order valence-electron chi connectivity index (χ2n) is 7.48. The lowest BCUT2D eigenvalue weighted by molar-refractivity contribution is -0.122. The number of fused-ring (bicyclic) bond motifs is 3. The van der Waals surface area contributed by atoms with Crippen molar-refractivity contribution in [2.24, 2.45) is 5.92 Å². The highest BCUT2D eigenvalue weighted by molar-refractivity contribution is 7.09. The lowest BCUT2D eigenvalue weighted by atomic mass is 9.98.